The summed E-state index contributed by atoms with van der Waals surface area (Å²) in [5.74, 6) is -0.0798. The number of hydrogen-bond donors (Lipinski definition) is 0. The molecule has 0 saturated carbocycles. The molecule has 1 rings (SSSR count). The SMILES string of the molecule is COc1nc(I)c(Cl)cc1C(F)F. The first-order chi connectivity index (χ1) is 6.06. The molecule has 0 radical (unpaired) electrons. The molecule has 0 amide bonds. The van der Waals surface area contributed by atoms with Gasteiger partial charge >= 0.3 is 0 Å². The van der Waals surface area contributed by atoms with Crippen molar-refractivity contribution < 1.29 is 13.5 Å². The van der Waals surface area contributed by atoms with E-state index in [2.05, 4.69) is 9.72 Å². The molecule has 0 atom stereocenters. The van der Waals surface area contributed by atoms with Gasteiger partial charge in [0, 0.05) is 0 Å². The smallest absolute Gasteiger partial charge is 0.269 e. The van der Waals surface area contributed by atoms with Crippen molar-refractivity contribution in [3.63, 3.8) is 0 Å². The normalized spacial score (nSPS) is 10.6. The highest BCUT2D eigenvalue weighted by Gasteiger charge is 2.17. The quantitative estimate of drug-likeness (QED) is 0.616. The number of hydrogen-bond acceptors (Lipinski definition) is 2. The molecule has 0 saturated heterocycles. The molecular weight excluding hydrogens is 314 g/mol. The van der Waals surface area contributed by atoms with Crippen LogP contribution in [0, 0.1) is 3.70 Å². The van der Waals surface area contributed by atoms with Crippen molar-refractivity contribution in [2.75, 3.05) is 7.11 Å². The zero-order valence-electron chi connectivity index (χ0n) is 6.52. The van der Waals surface area contributed by atoms with E-state index in [-0.39, 0.29) is 16.5 Å². The highest BCUT2D eigenvalue weighted by Crippen LogP contribution is 2.31. The Bertz CT molecular complexity index is 322. The van der Waals surface area contributed by atoms with Crippen molar-refractivity contribution >= 4 is 34.2 Å². The fraction of sp³-hybridized carbons (Fsp3) is 0.286. The molecule has 72 valence electrons. The van der Waals surface area contributed by atoms with Gasteiger partial charge in [-0.25, -0.2) is 13.8 Å². The second-order valence-electron chi connectivity index (χ2n) is 2.16. The number of rotatable bonds is 2. The van der Waals surface area contributed by atoms with Crippen molar-refractivity contribution in [2.24, 2.45) is 0 Å². The molecule has 0 bridgehead atoms. The topological polar surface area (TPSA) is 22.1 Å². The molecule has 1 heterocycles. The molecule has 0 unspecified atom stereocenters. The number of halogens is 4. The Balaban J connectivity index is 3.25. The van der Waals surface area contributed by atoms with Gasteiger partial charge in [-0.15, -0.1) is 0 Å². The fourth-order valence-corrected chi connectivity index (χ4v) is 1.32. The number of ether oxygens (including phenoxy) is 1. The van der Waals surface area contributed by atoms with Crippen molar-refractivity contribution in [1.82, 2.24) is 4.98 Å². The van der Waals surface area contributed by atoms with Crippen LogP contribution in [-0.4, -0.2) is 12.1 Å². The maximum Gasteiger partial charge on any atom is 0.269 e. The van der Waals surface area contributed by atoms with Gasteiger partial charge in [0.1, 0.15) is 3.70 Å². The number of alkyl halides is 2. The van der Waals surface area contributed by atoms with Crippen LogP contribution in [0.15, 0.2) is 6.07 Å². The van der Waals surface area contributed by atoms with Crippen molar-refractivity contribution in [3.05, 3.63) is 20.4 Å². The zero-order valence-corrected chi connectivity index (χ0v) is 9.44. The summed E-state index contributed by atoms with van der Waals surface area (Å²) >= 11 is 7.47. The van der Waals surface area contributed by atoms with Crippen molar-refractivity contribution in [1.29, 1.82) is 0 Å². The molecule has 0 spiro atoms. The largest absolute Gasteiger partial charge is 0.481 e. The van der Waals surface area contributed by atoms with Crippen LogP contribution in [0.4, 0.5) is 8.78 Å². The van der Waals surface area contributed by atoms with Gasteiger partial charge in [-0.3, -0.25) is 0 Å². The van der Waals surface area contributed by atoms with E-state index in [1.54, 1.807) is 0 Å². The summed E-state index contributed by atoms with van der Waals surface area (Å²) in [6.07, 6.45) is -2.63. The number of pyridine rings is 1. The molecule has 2 nitrogen and oxygen atoms in total. The summed E-state index contributed by atoms with van der Waals surface area (Å²) in [6, 6.07) is 1.17. The van der Waals surface area contributed by atoms with Crippen LogP contribution in [0.25, 0.3) is 0 Å². The van der Waals surface area contributed by atoms with Crippen LogP contribution in [-0.2, 0) is 0 Å². The first-order valence-electron chi connectivity index (χ1n) is 3.24. The van der Waals surface area contributed by atoms with Crippen molar-refractivity contribution in [3.8, 4) is 5.88 Å². The van der Waals surface area contributed by atoms with Gasteiger partial charge in [0.25, 0.3) is 6.43 Å². The van der Waals surface area contributed by atoms with Gasteiger partial charge in [-0.2, -0.15) is 0 Å². The van der Waals surface area contributed by atoms with Crippen LogP contribution >= 0.6 is 34.2 Å². The summed E-state index contributed by atoms with van der Waals surface area (Å²) in [4.78, 5) is 3.76. The highest BCUT2D eigenvalue weighted by molar-refractivity contribution is 14.1. The summed E-state index contributed by atoms with van der Waals surface area (Å²) in [5.41, 5.74) is -0.284. The Morgan fingerprint density at radius 2 is 2.23 bits per heavy atom. The molecule has 0 aliphatic rings. The van der Waals surface area contributed by atoms with E-state index in [0.717, 1.165) is 0 Å². The number of aromatic nitrogens is 1. The van der Waals surface area contributed by atoms with E-state index in [0.29, 0.717) is 3.70 Å². The monoisotopic (exact) mass is 319 g/mol. The summed E-state index contributed by atoms with van der Waals surface area (Å²) in [6.45, 7) is 0. The Labute approximate surface area is 92.4 Å². The van der Waals surface area contributed by atoms with Gasteiger partial charge in [0.2, 0.25) is 5.88 Å². The Hall–Kier alpha value is -0.170. The molecule has 6 heteroatoms. The second kappa shape index (κ2) is 4.36. The van der Waals surface area contributed by atoms with E-state index in [4.69, 9.17) is 11.6 Å². The molecule has 1 aromatic rings. The van der Waals surface area contributed by atoms with Gasteiger partial charge in [0.15, 0.2) is 0 Å². The first-order valence-corrected chi connectivity index (χ1v) is 4.70. The summed E-state index contributed by atoms with van der Waals surface area (Å²) in [7, 11) is 1.29. The minimum atomic E-state index is -2.63. The summed E-state index contributed by atoms with van der Waals surface area (Å²) < 4.78 is 29.8. The average molecular weight is 319 g/mol. The zero-order chi connectivity index (χ0) is 10.0. The van der Waals surface area contributed by atoms with Gasteiger partial charge in [-0.1, -0.05) is 11.6 Å². The standard InChI is InChI=1S/C7H5ClF2INO/c1-13-7-3(5(9)10)2-4(8)6(11)12-7/h2,5H,1H3. The Morgan fingerprint density at radius 3 is 2.69 bits per heavy atom. The third-order valence-corrected chi connectivity index (χ3v) is 2.78. The molecule has 1 aromatic heterocycles. The van der Waals surface area contributed by atoms with Crippen LogP contribution in [0.5, 0.6) is 5.88 Å². The summed E-state index contributed by atoms with van der Waals surface area (Å²) in [5, 5.41) is 0.205. The predicted octanol–water partition coefficient (Wildman–Crippen LogP) is 3.29. The van der Waals surface area contributed by atoms with Crippen LogP contribution < -0.4 is 4.74 Å². The third kappa shape index (κ3) is 2.40. The molecule has 0 N–H and O–H groups in total. The lowest BCUT2D eigenvalue weighted by atomic mass is 10.3. The van der Waals surface area contributed by atoms with Gasteiger partial charge < -0.3 is 4.74 Å². The maximum atomic E-state index is 12.3. The van der Waals surface area contributed by atoms with E-state index in [1.807, 2.05) is 22.6 Å². The van der Waals surface area contributed by atoms with Crippen molar-refractivity contribution in [2.45, 2.75) is 6.43 Å². The van der Waals surface area contributed by atoms with E-state index in [9.17, 15) is 8.78 Å². The lowest BCUT2D eigenvalue weighted by molar-refractivity contribution is 0.146. The number of methoxy groups -OCH3 is 1. The van der Waals surface area contributed by atoms with E-state index < -0.39 is 6.43 Å². The van der Waals surface area contributed by atoms with Crippen LogP contribution in [0.2, 0.25) is 5.02 Å². The minimum Gasteiger partial charge on any atom is -0.481 e. The molecular formula is C7H5ClF2INO. The van der Waals surface area contributed by atoms with E-state index >= 15 is 0 Å². The molecule has 0 aliphatic carbocycles. The third-order valence-electron chi connectivity index (χ3n) is 1.35. The molecule has 0 aliphatic heterocycles. The molecule has 13 heavy (non-hydrogen) atoms. The van der Waals surface area contributed by atoms with E-state index in [1.165, 1.54) is 13.2 Å². The fourth-order valence-electron chi connectivity index (χ4n) is 0.785. The van der Waals surface area contributed by atoms with Crippen LogP contribution in [0.3, 0.4) is 0 Å². The Morgan fingerprint density at radius 1 is 1.62 bits per heavy atom. The number of nitrogens with zero attached hydrogens (tertiary/aromatic N) is 1. The second-order valence-corrected chi connectivity index (χ2v) is 3.59. The predicted molar refractivity (Wildman–Crippen MR) is 53.5 cm³/mol. The lowest BCUT2D eigenvalue weighted by Gasteiger charge is -2.07. The average Bonchev–Trinajstić information content (AvgIpc) is 2.08. The lowest BCUT2D eigenvalue weighted by Crippen LogP contribution is -1.97. The highest BCUT2D eigenvalue weighted by atomic mass is 127. The molecule has 0 aromatic carbocycles. The van der Waals surface area contributed by atoms with Gasteiger partial charge in [0.05, 0.1) is 17.7 Å². The molecule has 0 fully saturated rings. The van der Waals surface area contributed by atoms with Gasteiger partial charge in [-0.05, 0) is 28.7 Å². The maximum absolute atomic E-state index is 12.3. The first kappa shape index (κ1) is 10.9. The minimum absolute atomic E-state index is 0.0798. The van der Waals surface area contributed by atoms with Crippen LogP contribution in [0.1, 0.15) is 12.0 Å². The Kier molecular flexibility index (Phi) is 3.66.